The smallest absolute Gasteiger partial charge is 0.327 e. The molecule has 3 aliphatic heterocycles. The zero-order chi connectivity index (χ0) is 39.3. The fourth-order valence-electron chi connectivity index (χ4n) is 8.14. The zero-order valence-electron chi connectivity index (χ0n) is 33.1. The highest BCUT2D eigenvalue weighted by Gasteiger charge is 2.76. The van der Waals surface area contributed by atoms with Crippen LogP contribution >= 0.6 is 0 Å². The molecule has 0 aromatic heterocycles. The quantitative estimate of drug-likeness (QED) is 0.120. The van der Waals surface area contributed by atoms with E-state index in [1.807, 2.05) is 24.3 Å². The number of hydroxylamine groups is 2. The van der Waals surface area contributed by atoms with Crippen molar-refractivity contribution in [1.82, 2.24) is 15.3 Å². The number of unbranched alkanes of at least 4 members (excludes halogenated alkanes) is 4. The van der Waals surface area contributed by atoms with Crippen molar-refractivity contribution in [3.63, 3.8) is 0 Å². The molecule has 4 fully saturated rings. The summed E-state index contributed by atoms with van der Waals surface area (Å²) in [4.78, 5) is 61.7. The molecule has 5 rings (SSSR count). The van der Waals surface area contributed by atoms with E-state index in [1.165, 1.54) is 16.0 Å². The second-order valence-electron chi connectivity index (χ2n) is 16.5. The first-order valence-electron chi connectivity index (χ1n) is 19.8. The van der Waals surface area contributed by atoms with Gasteiger partial charge in [0.1, 0.15) is 35.4 Å². The number of likely N-dealkylation sites (N-methyl/N-ethyl adjacent to an activating group) is 1. The van der Waals surface area contributed by atoms with Crippen LogP contribution in [0.25, 0.3) is 6.08 Å². The maximum absolute atomic E-state index is 14.8. The Morgan fingerprint density at radius 2 is 1.69 bits per heavy atom. The number of nitrogens with zero attached hydrogens (tertiary/aromatic N) is 2. The summed E-state index contributed by atoms with van der Waals surface area (Å²) in [5.41, 5.74) is -0.460. The van der Waals surface area contributed by atoms with Gasteiger partial charge < -0.3 is 34.3 Å². The lowest BCUT2D eigenvalue weighted by atomic mass is 9.62. The molecule has 1 aromatic carbocycles. The number of aliphatic hydroxyl groups is 1. The van der Waals surface area contributed by atoms with E-state index in [0.29, 0.717) is 12.8 Å². The lowest BCUT2D eigenvalue weighted by Gasteiger charge is -2.49. The normalized spacial score (nSPS) is 27.7. The predicted molar refractivity (Wildman–Crippen MR) is 200 cm³/mol. The average Bonchev–Trinajstić information content (AvgIpc) is 3.67. The highest BCUT2D eigenvalue weighted by atomic mass is 16.8. The van der Waals surface area contributed by atoms with Crippen molar-refractivity contribution in [2.75, 3.05) is 20.7 Å². The standard InChI is InChI=1S/C41H61N3O10/c1-8-10-12-22-40(23-13-11-9-2)52-33-30-24-41(38(49)42-29(26-45)19-21-32(47)51-39(3,4)5)35(37(48)50-30)44(54-36(41)34(33)53-40)25-28-16-14-27(15-17-28)18-20-31(46)43(6)7/h14-18,20,29-30,33-36,45H,8-13,19,21-26H2,1-7H3,(H,42,49)/t29-,30+,33-,34-,35+,36+,41+/m0/s1. The van der Waals surface area contributed by atoms with Gasteiger partial charge in [-0.3, -0.25) is 24.0 Å². The lowest BCUT2D eigenvalue weighted by Crippen LogP contribution is -2.70. The van der Waals surface area contributed by atoms with Gasteiger partial charge in [-0.05, 0) is 57.2 Å². The summed E-state index contributed by atoms with van der Waals surface area (Å²) >= 11 is 0. The monoisotopic (exact) mass is 755 g/mol. The molecule has 4 aliphatic rings. The number of carbonyl (C=O) groups is 4. The minimum atomic E-state index is -1.43. The van der Waals surface area contributed by atoms with Crippen LogP contribution in [-0.2, 0) is 49.5 Å². The van der Waals surface area contributed by atoms with E-state index >= 15 is 0 Å². The number of hydrogen-bond acceptors (Lipinski definition) is 11. The Hall–Kier alpha value is -3.36. The van der Waals surface area contributed by atoms with Gasteiger partial charge in [0.25, 0.3) is 0 Å². The van der Waals surface area contributed by atoms with Gasteiger partial charge in [0.2, 0.25) is 11.8 Å². The molecule has 1 aromatic rings. The minimum absolute atomic E-state index is 0.00982. The molecule has 3 saturated heterocycles. The van der Waals surface area contributed by atoms with Gasteiger partial charge in [-0.25, -0.2) is 0 Å². The second kappa shape index (κ2) is 17.6. The van der Waals surface area contributed by atoms with Crippen LogP contribution < -0.4 is 5.32 Å². The fourth-order valence-corrected chi connectivity index (χ4v) is 8.14. The van der Waals surface area contributed by atoms with E-state index in [4.69, 9.17) is 23.8 Å². The fraction of sp³-hybridized carbons (Fsp3) is 0.707. The molecule has 7 atom stereocenters. The summed E-state index contributed by atoms with van der Waals surface area (Å²) in [5.74, 6) is -2.51. The number of ether oxygens (including phenoxy) is 4. The van der Waals surface area contributed by atoms with Crippen molar-refractivity contribution in [3.05, 3.63) is 41.5 Å². The molecule has 2 amide bonds. The molecule has 300 valence electrons. The van der Waals surface area contributed by atoms with Gasteiger partial charge in [-0.1, -0.05) is 63.8 Å². The molecule has 54 heavy (non-hydrogen) atoms. The molecular formula is C41H61N3O10. The van der Waals surface area contributed by atoms with Crippen molar-refractivity contribution in [2.45, 2.75) is 160 Å². The predicted octanol–water partition coefficient (Wildman–Crippen LogP) is 4.83. The first kappa shape index (κ1) is 41.8. The van der Waals surface area contributed by atoms with E-state index < -0.39 is 77.8 Å². The summed E-state index contributed by atoms with van der Waals surface area (Å²) in [6.07, 6.45) is 7.83. The molecule has 13 nitrogen and oxygen atoms in total. The molecule has 1 saturated carbocycles. The van der Waals surface area contributed by atoms with Gasteiger partial charge in [0, 0.05) is 45.9 Å². The maximum atomic E-state index is 14.8. The number of hydrogen-bond donors (Lipinski definition) is 2. The van der Waals surface area contributed by atoms with Gasteiger partial charge >= 0.3 is 11.9 Å². The van der Waals surface area contributed by atoms with Gasteiger partial charge in [0.15, 0.2) is 11.8 Å². The third kappa shape index (κ3) is 9.35. The number of aliphatic hydroxyl groups excluding tert-OH is 1. The van der Waals surface area contributed by atoms with Crippen molar-refractivity contribution in [2.24, 2.45) is 5.41 Å². The number of benzene rings is 1. The number of amides is 2. The van der Waals surface area contributed by atoms with E-state index in [2.05, 4.69) is 19.2 Å². The third-order valence-corrected chi connectivity index (χ3v) is 10.8. The van der Waals surface area contributed by atoms with Crippen molar-refractivity contribution < 1.29 is 48.1 Å². The van der Waals surface area contributed by atoms with Crippen LogP contribution in [0.5, 0.6) is 0 Å². The highest BCUT2D eigenvalue weighted by molar-refractivity contribution is 5.94. The van der Waals surface area contributed by atoms with Crippen LogP contribution in [0.15, 0.2) is 30.3 Å². The van der Waals surface area contributed by atoms with Crippen molar-refractivity contribution >= 4 is 29.8 Å². The Labute approximate surface area is 320 Å². The van der Waals surface area contributed by atoms with Crippen molar-refractivity contribution in [3.8, 4) is 0 Å². The molecule has 13 heteroatoms. The number of fused-ring (bicyclic) bond motifs is 4. The Kier molecular flexibility index (Phi) is 13.6. The van der Waals surface area contributed by atoms with Crippen LogP contribution in [0.4, 0.5) is 0 Å². The Morgan fingerprint density at radius 1 is 1.04 bits per heavy atom. The van der Waals surface area contributed by atoms with Crippen LogP contribution in [0.2, 0.25) is 0 Å². The van der Waals surface area contributed by atoms with E-state index in [0.717, 1.165) is 49.7 Å². The largest absolute Gasteiger partial charge is 0.460 e. The van der Waals surface area contributed by atoms with Gasteiger partial charge in [-0.15, -0.1) is 0 Å². The van der Waals surface area contributed by atoms with Crippen LogP contribution in [0.1, 0.15) is 116 Å². The summed E-state index contributed by atoms with van der Waals surface area (Å²) in [5, 5.41) is 14.9. The SMILES string of the molecule is CCCCCC1(CCCCC)O[C@@H]2[C@H](O1)[C@H]1ON(Cc3ccc(C=CC(=O)N(C)C)cc3)[C@@H]3C(=O)O[C@@H]2C[C@]13C(=O)N[C@H](CO)CCC(=O)OC(C)(C)C. The highest BCUT2D eigenvalue weighted by Crippen LogP contribution is 2.58. The van der Waals surface area contributed by atoms with E-state index in [9.17, 15) is 24.3 Å². The molecule has 0 spiro atoms. The van der Waals surface area contributed by atoms with E-state index in [-0.39, 0.29) is 31.7 Å². The molecule has 3 heterocycles. The molecule has 2 N–H and O–H groups in total. The first-order valence-corrected chi connectivity index (χ1v) is 19.8. The van der Waals surface area contributed by atoms with Gasteiger partial charge in [-0.2, -0.15) is 5.06 Å². The summed E-state index contributed by atoms with van der Waals surface area (Å²) in [6, 6.07) is 5.63. The molecule has 0 radical (unpaired) electrons. The van der Waals surface area contributed by atoms with Crippen LogP contribution in [0.3, 0.4) is 0 Å². The number of nitrogens with one attached hydrogen (secondary N) is 1. The lowest BCUT2D eigenvalue weighted by molar-refractivity contribution is -0.224. The average molecular weight is 756 g/mol. The minimum Gasteiger partial charge on any atom is -0.460 e. The Balaban J connectivity index is 1.45. The van der Waals surface area contributed by atoms with Crippen molar-refractivity contribution in [1.29, 1.82) is 0 Å². The number of rotatable bonds is 18. The Bertz CT molecular complexity index is 1500. The number of carbonyl (C=O) groups excluding carboxylic acids is 4. The maximum Gasteiger partial charge on any atom is 0.327 e. The van der Waals surface area contributed by atoms with Crippen LogP contribution in [-0.4, -0.2) is 107 Å². The summed E-state index contributed by atoms with van der Waals surface area (Å²) in [6.45, 7) is 9.39. The third-order valence-electron chi connectivity index (χ3n) is 10.8. The van der Waals surface area contributed by atoms with E-state index in [1.54, 1.807) is 40.9 Å². The summed E-state index contributed by atoms with van der Waals surface area (Å²) < 4.78 is 25.4. The molecular weight excluding hydrogens is 694 g/mol. The molecule has 2 bridgehead atoms. The summed E-state index contributed by atoms with van der Waals surface area (Å²) in [7, 11) is 3.37. The first-order chi connectivity index (χ1) is 25.6. The number of esters is 2. The second-order valence-corrected chi connectivity index (χ2v) is 16.5. The zero-order valence-corrected chi connectivity index (χ0v) is 33.1. The topological polar surface area (TPSA) is 153 Å². The van der Waals surface area contributed by atoms with Crippen LogP contribution in [0, 0.1) is 5.41 Å². The Morgan fingerprint density at radius 3 is 2.28 bits per heavy atom. The molecule has 0 unspecified atom stereocenters. The van der Waals surface area contributed by atoms with Gasteiger partial charge in [0.05, 0.1) is 19.2 Å². The molecule has 1 aliphatic carbocycles.